The van der Waals surface area contributed by atoms with Gasteiger partial charge in [-0.1, -0.05) is 13.8 Å². The van der Waals surface area contributed by atoms with Gasteiger partial charge in [0.05, 0.1) is 6.04 Å². The molecule has 2 atom stereocenters. The van der Waals surface area contributed by atoms with Crippen molar-refractivity contribution in [3.05, 3.63) is 0 Å². The summed E-state index contributed by atoms with van der Waals surface area (Å²) in [6.07, 6.45) is 0.550. The van der Waals surface area contributed by atoms with Gasteiger partial charge in [0.1, 0.15) is 5.60 Å². The maximum atomic E-state index is 12.2. The van der Waals surface area contributed by atoms with E-state index in [0.717, 1.165) is 0 Å². The van der Waals surface area contributed by atoms with Crippen LogP contribution in [0.2, 0.25) is 0 Å². The van der Waals surface area contributed by atoms with Gasteiger partial charge in [-0.3, -0.25) is 4.79 Å². The van der Waals surface area contributed by atoms with Crippen LogP contribution in [-0.4, -0.2) is 41.2 Å². The highest BCUT2D eigenvalue weighted by Gasteiger charge is 2.44. The second kappa shape index (κ2) is 6.48. The summed E-state index contributed by atoms with van der Waals surface area (Å²) in [5, 5.41) is 13.0. The van der Waals surface area contributed by atoms with Crippen molar-refractivity contribution in [3.63, 3.8) is 0 Å². The monoisotopic (exact) mass is 273 g/mol. The third-order valence-electron chi connectivity index (χ3n) is 2.65. The van der Waals surface area contributed by atoms with E-state index in [4.69, 9.17) is 4.74 Å². The summed E-state index contributed by atoms with van der Waals surface area (Å²) >= 11 is 0. The molecular weight excluding hydrogens is 246 g/mol. The topological polar surface area (TPSA) is 75.6 Å². The van der Waals surface area contributed by atoms with Crippen molar-refractivity contribution in [2.24, 2.45) is 5.92 Å². The molecule has 0 fully saturated rings. The zero-order valence-electron chi connectivity index (χ0n) is 13.0. The lowest BCUT2D eigenvalue weighted by molar-refractivity contribution is -0.179. The summed E-state index contributed by atoms with van der Waals surface area (Å²) in [4.78, 5) is 24.2. The Kier molecular flexibility index (Phi) is 6.16. The quantitative estimate of drug-likeness (QED) is 0.563. The van der Waals surface area contributed by atoms with E-state index in [2.05, 4.69) is 5.32 Å². The normalized spacial score (nSPS) is 16.9. The first-order valence-electron chi connectivity index (χ1n) is 6.59. The molecule has 0 saturated heterocycles. The number of ketones is 1. The maximum Gasteiger partial charge on any atom is 0.346 e. The van der Waals surface area contributed by atoms with Gasteiger partial charge in [0, 0.05) is 0 Å². The molecule has 0 aliphatic heterocycles. The molecule has 0 bridgehead atoms. The van der Waals surface area contributed by atoms with Crippen LogP contribution in [0, 0.1) is 5.92 Å². The molecule has 0 heterocycles. The fourth-order valence-electron chi connectivity index (χ4n) is 1.64. The van der Waals surface area contributed by atoms with E-state index in [1.54, 1.807) is 27.8 Å². The second-order valence-corrected chi connectivity index (χ2v) is 6.41. The number of esters is 1. The second-order valence-electron chi connectivity index (χ2n) is 6.41. The first-order chi connectivity index (χ1) is 8.41. The number of hydrogen-bond donors (Lipinski definition) is 2. The van der Waals surface area contributed by atoms with Gasteiger partial charge in [-0.15, -0.1) is 0 Å². The zero-order valence-corrected chi connectivity index (χ0v) is 13.0. The molecule has 0 aromatic carbocycles. The van der Waals surface area contributed by atoms with Crippen LogP contribution in [0.5, 0.6) is 0 Å². The number of nitrogens with one attached hydrogen (secondary N) is 1. The van der Waals surface area contributed by atoms with Crippen molar-refractivity contribution in [2.75, 3.05) is 7.05 Å². The Balaban J connectivity index is 4.96. The lowest BCUT2D eigenvalue weighted by atomic mass is 9.90. The van der Waals surface area contributed by atoms with E-state index < -0.39 is 29.0 Å². The zero-order chi connectivity index (χ0) is 15.4. The van der Waals surface area contributed by atoms with E-state index in [9.17, 15) is 14.7 Å². The minimum absolute atomic E-state index is 0.274. The SMILES string of the molecule is CN[C@@H](CC(C)C)C(=O)[C@](C)(O)C(=O)OC(C)(C)C. The molecule has 0 saturated carbocycles. The van der Waals surface area contributed by atoms with Gasteiger partial charge >= 0.3 is 5.97 Å². The van der Waals surface area contributed by atoms with Crippen LogP contribution in [-0.2, 0) is 14.3 Å². The van der Waals surface area contributed by atoms with Crippen molar-refractivity contribution < 1.29 is 19.4 Å². The van der Waals surface area contributed by atoms with Crippen molar-refractivity contribution in [1.29, 1.82) is 0 Å². The molecule has 5 nitrogen and oxygen atoms in total. The van der Waals surface area contributed by atoms with Crippen LogP contribution in [0.4, 0.5) is 0 Å². The van der Waals surface area contributed by atoms with Gasteiger partial charge in [-0.05, 0) is 47.1 Å². The minimum atomic E-state index is -2.13. The summed E-state index contributed by atoms with van der Waals surface area (Å²) in [5.74, 6) is -1.19. The molecule has 112 valence electrons. The summed E-state index contributed by atoms with van der Waals surface area (Å²) in [5.41, 5.74) is -2.87. The molecule has 0 amide bonds. The van der Waals surface area contributed by atoms with Gasteiger partial charge in [0.25, 0.3) is 0 Å². The van der Waals surface area contributed by atoms with Gasteiger partial charge in [-0.2, -0.15) is 0 Å². The molecule has 0 radical (unpaired) electrons. The van der Waals surface area contributed by atoms with Crippen LogP contribution in [0.15, 0.2) is 0 Å². The highest BCUT2D eigenvalue weighted by molar-refractivity contribution is 6.08. The van der Waals surface area contributed by atoms with Gasteiger partial charge in [-0.25, -0.2) is 4.79 Å². The summed E-state index contributed by atoms with van der Waals surface area (Å²) in [7, 11) is 1.64. The van der Waals surface area contributed by atoms with Crippen molar-refractivity contribution in [2.45, 2.75) is 65.2 Å². The summed E-state index contributed by atoms with van der Waals surface area (Å²) < 4.78 is 5.09. The Morgan fingerprint density at radius 2 is 1.68 bits per heavy atom. The molecule has 0 unspecified atom stereocenters. The van der Waals surface area contributed by atoms with E-state index >= 15 is 0 Å². The van der Waals surface area contributed by atoms with Crippen LogP contribution in [0.3, 0.4) is 0 Å². The third kappa shape index (κ3) is 5.70. The van der Waals surface area contributed by atoms with E-state index in [-0.39, 0.29) is 5.92 Å². The molecule has 0 aromatic heterocycles. The molecule has 5 heteroatoms. The standard InChI is InChI=1S/C14H27NO4/c1-9(2)8-10(15-7)11(16)14(6,18)12(17)19-13(3,4)5/h9-10,15,18H,8H2,1-7H3/t10-,14-/m0/s1. The fraction of sp³-hybridized carbons (Fsp3) is 0.857. The molecule has 19 heavy (non-hydrogen) atoms. The number of carbonyl (C=O) groups excluding carboxylic acids is 2. The number of ether oxygens (including phenoxy) is 1. The minimum Gasteiger partial charge on any atom is -0.457 e. The molecule has 0 aromatic rings. The molecular formula is C14H27NO4. The first kappa shape index (κ1) is 18.1. The predicted octanol–water partition coefficient (Wildman–Crippen LogP) is 1.28. The largest absolute Gasteiger partial charge is 0.457 e. The average Bonchev–Trinajstić information content (AvgIpc) is 2.22. The number of aliphatic hydroxyl groups is 1. The predicted molar refractivity (Wildman–Crippen MR) is 73.8 cm³/mol. The lowest BCUT2D eigenvalue weighted by Crippen LogP contribution is -2.54. The number of carbonyl (C=O) groups is 2. The van der Waals surface area contributed by atoms with Gasteiger partial charge < -0.3 is 15.2 Å². The number of likely N-dealkylation sites (N-methyl/N-ethyl adjacent to an activating group) is 1. The van der Waals surface area contributed by atoms with Crippen LogP contribution < -0.4 is 5.32 Å². The molecule has 2 N–H and O–H groups in total. The van der Waals surface area contributed by atoms with E-state index in [0.29, 0.717) is 6.42 Å². The van der Waals surface area contributed by atoms with Gasteiger partial charge in [0.15, 0.2) is 5.78 Å². The summed E-state index contributed by atoms with van der Waals surface area (Å²) in [6.45, 7) is 10.2. The van der Waals surface area contributed by atoms with E-state index in [1.807, 2.05) is 13.8 Å². The average molecular weight is 273 g/mol. The van der Waals surface area contributed by atoms with E-state index in [1.165, 1.54) is 6.92 Å². The Morgan fingerprint density at radius 3 is 2.00 bits per heavy atom. The number of Topliss-reactive ketones (excluding diaryl/α,β-unsaturated/α-hetero) is 1. The van der Waals surface area contributed by atoms with Crippen molar-refractivity contribution >= 4 is 11.8 Å². The molecule has 0 aliphatic rings. The maximum absolute atomic E-state index is 12.2. The summed E-state index contributed by atoms with van der Waals surface area (Å²) in [6, 6.07) is -0.567. The molecule has 0 rings (SSSR count). The molecule has 0 spiro atoms. The smallest absolute Gasteiger partial charge is 0.346 e. The third-order valence-corrected chi connectivity index (χ3v) is 2.65. The number of rotatable bonds is 6. The van der Waals surface area contributed by atoms with Crippen LogP contribution >= 0.6 is 0 Å². The Hall–Kier alpha value is -0.940. The molecule has 0 aliphatic carbocycles. The Labute approximate surface area is 115 Å². The fourth-order valence-corrected chi connectivity index (χ4v) is 1.64. The first-order valence-corrected chi connectivity index (χ1v) is 6.59. The van der Waals surface area contributed by atoms with Crippen molar-refractivity contribution in [3.8, 4) is 0 Å². The van der Waals surface area contributed by atoms with Crippen LogP contribution in [0.25, 0.3) is 0 Å². The lowest BCUT2D eigenvalue weighted by Gasteiger charge is -2.29. The van der Waals surface area contributed by atoms with Crippen molar-refractivity contribution in [1.82, 2.24) is 5.32 Å². The van der Waals surface area contributed by atoms with Gasteiger partial charge in [0.2, 0.25) is 5.60 Å². The Bertz CT molecular complexity index is 329. The van der Waals surface area contributed by atoms with Crippen LogP contribution in [0.1, 0.15) is 48.0 Å². The highest BCUT2D eigenvalue weighted by Crippen LogP contribution is 2.19. The Morgan fingerprint density at radius 1 is 1.21 bits per heavy atom. The highest BCUT2D eigenvalue weighted by atomic mass is 16.6. The number of hydrogen-bond acceptors (Lipinski definition) is 5.